The molecule has 0 spiro atoms. The maximum Gasteiger partial charge on any atom is 0.255 e. The van der Waals surface area contributed by atoms with Crippen LogP contribution in [0.2, 0.25) is 0 Å². The van der Waals surface area contributed by atoms with Crippen LogP contribution >= 0.6 is 0 Å². The maximum atomic E-state index is 13.0. The molecule has 0 unspecified atom stereocenters. The van der Waals surface area contributed by atoms with Crippen LogP contribution < -0.4 is 14.9 Å². The number of rotatable bonds is 5. The van der Waals surface area contributed by atoms with E-state index in [2.05, 4.69) is 10.6 Å². The Morgan fingerprint density at radius 2 is 1.59 bits per heavy atom. The van der Waals surface area contributed by atoms with Crippen molar-refractivity contribution in [2.24, 2.45) is 0 Å². The summed E-state index contributed by atoms with van der Waals surface area (Å²) in [6.45, 7) is 4.12. The number of nitrogens with zero attached hydrogens (tertiary/aromatic N) is 1. The lowest BCUT2D eigenvalue weighted by Gasteiger charge is -2.28. The number of hydrogen-bond acceptors (Lipinski definition) is 4. The number of nitrogens with one attached hydrogen (secondary N) is 2. The molecule has 1 heterocycles. The predicted octanol–water partition coefficient (Wildman–Crippen LogP) is 4.74. The van der Waals surface area contributed by atoms with Crippen LogP contribution in [-0.4, -0.2) is 32.5 Å². The molecule has 1 saturated heterocycles. The van der Waals surface area contributed by atoms with Gasteiger partial charge in [-0.3, -0.25) is 13.9 Å². The van der Waals surface area contributed by atoms with Crippen molar-refractivity contribution < 1.29 is 18.0 Å². The van der Waals surface area contributed by atoms with Gasteiger partial charge in [0, 0.05) is 29.0 Å². The molecule has 1 aliphatic heterocycles. The molecule has 3 aromatic rings. The molecular formula is C26H27N3O4S. The molecule has 1 fully saturated rings. The van der Waals surface area contributed by atoms with E-state index in [9.17, 15) is 18.0 Å². The van der Waals surface area contributed by atoms with E-state index in [0.717, 1.165) is 12.0 Å². The third-order valence-corrected chi connectivity index (χ3v) is 7.74. The highest BCUT2D eigenvalue weighted by Crippen LogP contribution is 2.27. The van der Waals surface area contributed by atoms with E-state index in [4.69, 9.17) is 0 Å². The highest BCUT2D eigenvalue weighted by atomic mass is 32.2. The lowest BCUT2D eigenvalue weighted by Crippen LogP contribution is -2.37. The molecule has 0 radical (unpaired) electrons. The Bertz CT molecular complexity index is 1340. The van der Waals surface area contributed by atoms with E-state index in [1.54, 1.807) is 61.5 Å². The van der Waals surface area contributed by atoms with Gasteiger partial charge in [0.1, 0.15) is 0 Å². The molecule has 0 aliphatic carbocycles. The van der Waals surface area contributed by atoms with Crippen LogP contribution in [0, 0.1) is 13.8 Å². The lowest BCUT2D eigenvalue weighted by atomic mass is 10.1. The minimum Gasteiger partial charge on any atom is -0.322 e. The van der Waals surface area contributed by atoms with Gasteiger partial charge in [-0.2, -0.15) is 0 Å². The Morgan fingerprint density at radius 1 is 0.824 bits per heavy atom. The Balaban J connectivity index is 1.50. The number of amides is 2. The smallest absolute Gasteiger partial charge is 0.255 e. The average molecular weight is 478 g/mol. The van der Waals surface area contributed by atoms with Crippen LogP contribution in [0.25, 0.3) is 0 Å². The number of carbonyl (C=O) groups excluding carboxylic acids is 2. The summed E-state index contributed by atoms with van der Waals surface area (Å²) in [6.07, 6.45) is 1.49. The van der Waals surface area contributed by atoms with E-state index in [1.807, 2.05) is 19.1 Å². The third kappa shape index (κ3) is 5.12. The summed E-state index contributed by atoms with van der Waals surface area (Å²) >= 11 is 0. The van der Waals surface area contributed by atoms with Gasteiger partial charge in [0.05, 0.1) is 11.4 Å². The molecule has 2 amide bonds. The van der Waals surface area contributed by atoms with E-state index in [0.29, 0.717) is 46.7 Å². The highest BCUT2D eigenvalue weighted by Gasteiger charge is 2.26. The topological polar surface area (TPSA) is 95.6 Å². The van der Waals surface area contributed by atoms with Gasteiger partial charge < -0.3 is 10.6 Å². The van der Waals surface area contributed by atoms with Crippen molar-refractivity contribution in [1.82, 2.24) is 0 Å². The molecule has 0 aromatic heterocycles. The summed E-state index contributed by atoms with van der Waals surface area (Å²) < 4.78 is 26.2. The Labute approximate surface area is 199 Å². The van der Waals surface area contributed by atoms with Crippen LogP contribution in [0.1, 0.15) is 44.7 Å². The third-order valence-electron chi connectivity index (χ3n) is 5.87. The van der Waals surface area contributed by atoms with Gasteiger partial charge in [-0.05, 0) is 80.3 Å². The fourth-order valence-electron chi connectivity index (χ4n) is 3.95. The second kappa shape index (κ2) is 9.69. The van der Waals surface area contributed by atoms with E-state index in [1.165, 1.54) is 4.31 Å². The molecule has 176 valence electrons. The van der Waals surface area contributed by atoms with Gasteiger partial charge >= 0.3 is 0 Å². The molecule has 1 aliphatic rings. The van der Waals surface area contributed by atoms with Crippen molar-refractivity contribution in [3.05, 3.63) is 89.0 Å². The number of hydrogen-bond donors (Lipinski definition) is 2. The minimum absolute atomic E-state index is 0.144. The van der Waals surface area contributed by atoms with Crippen molar-refractivity contribution in [3.63, 3.8) is 0 Å². The monoisotopic (exact) mass is 477 g/mol. The molecule has 34 heavy (non-hydrogen) atoms. The van der Waals surface area contributed by atoms with E-state index in [-0.39, 0.29) is 17.6 Å². The normalized spacial score (nSPS) is 14.9. The first kappa shape index (κ1) is 23.5. The molecule has 3 aromatic carbocycles. The second-order valence-corrected chi connectivity index (χ2v) is 10.4. The minimum atomic E-state index is -3.32. The second-order valence-electron chi connectivity index (χ2n) is 8.40. The number of carbonyl (C=O) groups is 2. The molecule has 0 atom stereocenters. The largest absolute Gasteiger partial charge is 0.322 e. The Morgan fingerprint density at radius 3 is 2.29 bits per heavy atom. The Kier molecular flexibility index (Phi) is 6.70. The van der Waals surface area contributed by atoms with E-state index >= 15 is 0 Å². The number of aryl methyl sites for hydroxylation is 2. The van der Waals surface area contributed by atoms with Crippen molar-refractivity contribution in [1.29, 1.82) is 0 Å². The zero-order valence-electron chi connectivity index (χ0n) is 19.2. The first-order valence-electron chi connectivity index (χ1n) is 11.1. The first-order valence-corrected chi connectivity index (χ1v) is 12.7. The van der Waals surface area contributed by atoms with Crippen LogP contribution in [0.3, 0.4) is 0 Å². The van der Waals surface area contributed by atoms with Crippen LogP contribution in [0.15, 0.2) is 66.7 Å². The SMILES string of the molecule is Cc1ccc(NC(=O)c2ccc(N3CCCCS3(=O)=O)cc2C)cc1NC(=O)c1ccccc1. The lowest BCUT2D eigenvalue weighted by molar-refractivity contribution is 0.101. The fourth-order valence-corrected chi connectivity index (χ4v) is 5.58. The molecular weight excluding hydrogens is 450 g/mol. The quantitative estimate of drug-likeness (QED) is 0.555. The van der Waals surface area contributed by atoms with Crippen molar-refractivity contribution >= 4 is 38.9 Å². The molecule has 4 rings (SSSR count). The summed E-state index contributed by atoms with van der Waals surface area (Å²) in [5, 5.41) is 5.76. The van der Waals surface area contributed by atoms with Crippen molar-refractivity contribution in [3.8, 4) is 0 Å². The predicted molar refractivity (Wildman–Crippen MR) is 135 cm³/mol. The molecule has 0 bridgehead atoms. The molecule has 0 saturated carbocycles. The van der Waals surface area contributed by atoms with Gasteiger partial charge in [0.15, 0.2) is 0 Å². The number of anilines is 3. The van der Waals surface area contributed by atoms with Gasteiger partial charge in [-0.15, -0.1) is 0 Å². The fraction of sp³-hybridized carbons (Fsp3) is 0.231. The summed E-state index contributed by atoms with van der Waals surface area (Å²) in [5.41, 5.74) is 4.27. The summed E-state index contributed by atoms with van der Waals surface area (Å²) in [5.74, 6) is -0.397. The number of benzene rings is 3. The van der Waals surface area contributed by atoms with E-state index < -0.39 is 10.0 Å². The first-order chi connectivity index (χ1) is 16.2. The average Bonchev–Trinajstić information content (AvgIpc) is 2.81. The maximum absolute atomic E-state index is 13.0. The summed E-state index contributed by atoms with van der Waals surface area (Å²) in [4.78, 5) is 25.5. The van der Waals surface area contributed by atoms with Crippen LogP contribution in [-0.2, 0) is 10.0 Å². The molecule has 2 N–H and O–H groups in total. The van der Waals surface area contributed by atoms with Gasteiger partial charge in [-0.25, -0.2) is 8.42 Å². The summed E-state index contributed by atoms with van der Waals surface area (Å²) in [7, 11) is -3.32. The Hall–Kier alpha value is -3.65. The van der Waals surface area contributed by atoms with Crippen LogP contribution in [0.5, 0.6) is 0 Å². The van der Waals surface area contributed by atoms with Gasteiger partial charge in [0.25, 0.3) is 11.8 Å². The van der Waals surface area contributed by atoms with Crippen molar-refractivity contribution in [2.75, 3.05) is 27.2 Å². The van der Waals surface area contributed by atoms with Gasteiger partial charge in [0.2, 0.25) is 10.0 Å². The highest BCUT2D eigenvalue weighted by molar-refractivity contribution is 7.92. The van der Waals surface area contributed by atoms with Crippen LogP contribution in [0.4, 0.5) is 17.1 Å². The zero-order valence-corrected chi connectivity index (χ0v) is 20.0. The van der Waals surface area contributed by atoms with Crippen molar-refractivity contribution in [2.45, 2.75) is 26.7 Å². The zero-order chi connectivity index (χ0) is 24.3. The molecule has 7 nitrogen and oxygen atoms in total. The van der Waals surface area contributed by atoms with Gasteiger partial charge in [-0.1, -0.05) is 24.3 Å². The standard InChI is InChI=1S/C26H27N3O4S/c1-18-10-11-21(17-24(18)28-25(30)20-8-4-3-5-9-20)27-26(31)23-13-12-22(16-19(23)2)29-14-6-7-15-34(29,32)33/h3-5,8-13,16-17H,6-7,14-15H2,1-2H3,(H,27,31)(H,28,30). The number of sulfonamides is 1. The summed E-state index contributed by atoms with van der Waals surface area (Å²) in [6, 6.07) is 19.3. The molecule has 8 heteroatoms.